The summed E-state index contributed by atoms with van der Waals surface area (Å²) in [7, 11) is -3.55. The molecular formula is C15H23N3O3S. The predicted octanol–water partition coefficient (Wildman–Crippen LogP) is 1.18. The summed E-state index contributed by atoms with van der Waals surface area (Å²) in [6, 6.07) is 6.62. The normalized spacial score (nSPS) is 16.4. The lowest BCUT2D eigenvalue weighted by Crippen LogP contribution is -2.45. The van der Waals surface area contributed by atoms with Gasteiger partial charge < -0.3 is 0 Å². The van der Waals surface area contributed by atoms with Gasteiger partial charge >= 0.3 is 0 Å². The minimum Gasteiger partial charge on any atom is -0.289 e. The average molecular weight is 325 g/mol. The first-order valence-electron chi connectivity index (χ1n) is 7.58. The summed E-state index contributed by atoms with van der Waals surface area (Å²) in [6.07, 6.45) is 3.49. The number of carbonyl (C=O) groups excluding carboxylic acids is 1. The van der Waals surface area contributed by atoms with E-state index >= 15 is 0 Å². The monoisotopic (exact) mass is 325 g/mol. The second kappa shape index (κ2) is 7.71. The second-order valence-electron chi connectivity index (χ2n) is 5.54. The summed E-state index contributed by atoms with van der Waals surface area (Å²) in [5, 5.41) is 1.90. The Morgan fingerprint density at radius 2 is 1.77 bits per heavy atom. The van der Waals surface area contributed by atoms with Crippen LogP contribution in [0.1, 0.15) is 31.2 Å². The van der Waals surface area contributed by atoms with Crippen LogP contribution in [-0.4, -0.2) is 39.0 Å². The molecule has 0 radical (unpaired) electrons. The van der Waals surface area contributed by atoms with Crippen molar-refractivity contribution in [2.24, 2.45) is 0 Å². The van der Waals surface area contributed by atoms with Crippen LogP contribution >= 0.6 is 0 Å². The Morgan fingerprint density at radius 1 is 1.14 bits per heavy atom. The number of benzene rings is 1. The van der Waals surface area contributed by atoms with E-state index in [4.69, 9.17) is 0 Å². The lowest BCUT2D eigenvalue weighted by Gasteiger charge is -2.26. The molecule has 1 amide bonds. The third-order valence-electron chi connectivity index (χ3n) is 3.61. The number of nitrogens with zero attached hydrogens (tertiary/aromatic N) is 1. The molecule has 1 heterocycles. The molecule has 0 saturated carbocycles. The number of hydrogen-bond donors (Lipinski definition) is 2. The van der Waals surface area contributed by atoms with Crippen molar-refractivity contribution in [2.45, 2.75) is 37.5 Å². The van der Waals surface area contributed by atoms with E-state index in [0.717, 1.165) is 31.5 Å². The van der Waals surface area contributed by atoms with E-state index in [1.807, 2.05) is 11.9 Å². The zero-order chi connectivity index (χ0) is 16.0. The maximum absolute atomic E-state index is 12.1. The lowest BCUT2D eigenvalue weighted by atomic mass is 10.2. The molecule has 122 valence electrons. The van der Waals surface area contributed by atoms with Crippen LogP contribution < -0.4 is 10.1 Å². The van der Waals surface area contributed by atoms with Gasteiger partial charge in [-0.15, -0.1) is 0 Å². The molecule has 22 heavy (non-hydrogen) atoms. The molecule has 7 heteroatoms. The van der Waals surface area contributed by atoms with Crippen molar-refractivity contribution >= 4 is 15.9 Å². The van der Waals surface area contributed by atoms with E-state index in [1.165, 1.54) is 6.42 Å². The first-order valence-corrected chi connectivity index (χ1v) is 9.06. The number of hydrogen-bond acceptors (Lipinski definition) is 4. The van der Waals surface area contributed by atoms with Crippen molar-refractivity contribution in [2.75, 3.05) is 19.6 Å². The molecule has 1 aromatic rings. The van der Waals surface area contributed by atoms with Gasteiger partial charge in [-0.25, -0.2) is 18.1 Å². The highest BCUT2D eigenvalue weighted by atomic mass is 32.2. The highest BCUT2D eigenvalue weighted by Gasteiger charge is 2.15. The molecule has 1 aliphatic heterocycles. The van der Waals surface area contributed by atoms with Crippen LogP contribution in [0, 0.1) is 6.92 Å². The Balaban J connectivity index is 1.77. The van der Waals surface area contributed by atoms with Crippen LogP contribution in [0.25, 0.3) is 0 Å². The Morgan fingerprint density at radius 3 is 2.41 bits per heavy atom. The van der Waals surface area contributed by atoms with Gasteiger partial charge in [0.05, 0.1) is 4.90 Å². The Bertz CT molecular complexity index is 593. The number of aryl methyl sites for hydroxylation is 1. The molecule has 2 N–H and O–H groups in total. The number of carbonyl (C=O) groups is 1. The number of rotatable bonds is 6. The number of piperidine rings is 1. The van der Waals surface area contributed by atoms with Gasteiger partial charge in [0.15, 0.2) is 0 Å². The third-order valence-corrected chi connectivity index (χ3v) is 5.09. The zero-order valence-electron chi connectivity index (χ0n) is 12.8. The molecule has 0 unspecified atom stereocenters. The molecule has 0 aromatic heterocycles. The van der Waals surface area contributed by atoms with Crippen LogP contribution in [0.15, 0.2) is 29.2 Å². The molecule has 6 nitrogen and oxygen atoms in total. The van der Waals surface area contributed by atoms with Crippen molar-refractivity contribution in [1.82, 2.24) is 15.2 Å². The van der Waals surface area contributed by atoms with Gasteiger partial charge in [-0.3, -0.25) is 10.2 Å². The Labute approximate surface area is 131 Å². The molecule has 0 atom stereocenters. The van der Waals surface area contributed by atoms with Crippen LogP contribution in [-0.2, 0) is 14.8 Å². The molecule has 0 spiro atoms. The van der Waals surface area contributed by atoms with Gasteiger partial charge in [0.2, 0.25) is 15.9 Å². The van der Waals surface area contributed by atoms with E-state index in [1.54, 1.807) is 24.3 Å². The second-order valence-corrected chi connectivity index (χ2v) is 7.31. The van der Waals surface area contributed by atoms with Gasteiger partial charge in [-0.2, -0.15) is 0 Å². The van der Waals surface area contributed by atoms with Gasteiger partial charge in [0.25, 0.3) is 0 Å². The van der Waals surface area contributed by atoms with Crippen LogP contribution in [0.3, 0.4) is 0 Å². The summed E-state index contributed by atoms with van der Waals surface area (Å²) in [5.41, 5.74) is 3.81. The zero-order valence-corrected chi connectivity index (χ0v) is 13.7. The first kappa shape index (κ1) is 16.9. The summed E-state index contributed by atoms with van der Waals surface area (Å²) in [4.78, 5) is 12.0. The van der Waals surface area contributed by atoms with Crippen molar-refractivity contribution in [3.8, 4) is 0 Å². The molecule has 2 rings (SSSR count). The van der Waals surface area contributed by atoms with Crippen molar-refractivity contribution < 1.29 is 13.2 Å². The Hall–Kier alpha value is -1.44. The predicted molar refractivity (Wildman–Crippen MR) is 84.6 cm³/mol. The standard InChI is InChI=1S/C15H23N3O3S/c1-13-5-7-14(8-6-13)22(20,21)16-10-9-15(19)17-18-11-3-2-4-12-18/h5-8,16H,2-4,9-12H2,1H3,(H,17,19). The smallest absolute Gasteiger partial charge is 0.240 e. The van der Waals surface area contributed by atoms with E-state index in [0.29, 0.717) is 0 Å². The van der Waals surface area contributed by atoms with Crippen molar-refractivity contribution in [1.29, 1.82) is 0 Å². The van der Waals surface area contributed by atoms with E-state index < -0.39 is 10.0 Å². The maximum Gasteiger partial charge on any atom is 0.240 e. The molecular weight excluding hydrogens is 302 g/mol. The van der Waals surface area contributed by atoms with Gasteiger partial charge in [-0.1, -0.05) is 24.1 Å². The fraction of sp³-hybridized carbons (Fsp3) is 0.533. The molecule has 0 aliphatic carbocycles. The highest BCUT2D eigenvalue weighted by molar-refractivity contribution is 7.89. The van der Waals surface area contributed by atoms with Crippen LogP contribution in [0.4, 0.5) is 0 Å². The quantitative estimate of drug-likeness (QED) is 0.823. The molecule has 0 bridgehead atoms. The summed E-state index contributed by atoms with van der Waals surface area (Å²) >= 11 is 0. The number of sulfonamides is 1. The van der Waals surface area contributed by atoms with Crippen molar-refractivity contribution in [3.05, 3.63) is 29.8 Å². The molecule has 1 fully saturated rings. The largest absolute Gasteiger partial charge is 0.289 e. The van der Waals surface area contributed by atoms with Gasteiger partial charge in [-0.05, 0) is 31.9 Å². The number of hydrazine groups is 1. The first-order chi connectivity index (χ1) is 10.5. The van der Waals surface area contributed by atoms with Gasteiger partial charge in [0, 0.05) is 26.1 Å². The van der Waals surface area contributed by atoms with E-state index in [2.05, 4.69) is 10.1 Å². The summed E-state index contributed by atoms with van der Waals surface area (Å²) in [5.74, 6) is -0.159. The number of amides is 1. The van der Waals surface area contributed by atoms with Gasteiger partial charge in [0.1, 0.15) is 0 Å². The van der Waals surface area contributed by atoms with Crippen molar-refractivity contribution in [3.63, 3.8) is 0 Å². The number of nitrogens with one attached hydrogen (secondary N) is 2. The fourth-order valence-electron chi connectivity index (χ4n) is 2.34. The topological polar surface area (TPSA) is 78.5 Å². The van der Waals surface area contributed by atoms with Crippen LogP contribution in [0.5, 0.6) is 0 Å². The summed E-state index contributed by atoms with van der Waals surface area (Å²) in [6.45, 7) is 3.71. The van der Waals surface area contributed by atoms with Crippen LogP contribution in [0.2, 0.25) is 0 Å². The highest BCUT2D eigenvalue weighted by Crippen LogP contribution is 2.09. The average Bonchev–Trinajstić information content (AvgIpc) is 2.48. The summed E-state index contributed by atoms with van der Waals surface area (Å²) < 4.78 is 26.6. The minimum atomic E-state index is -3.55. The van der Waals surface area contributed by atoms with E-state index in [9.17, 15) is 13.2 Å². The molecule has 1 saturated heterocycles. The minimum absolute atomic E-state index is 0.0931. The maximum atomic E-state index is 12.1. The lowest BCUT2D eigenvalue weighted by molar-refractivity contribution is -0.126. The molecule has 1 aliphatic rings. The fourth-order valence-corrected chi connectivity index (χ4v) is 3.37. The SMILES string of the molecule is Cc1ccc(S(=O)(=O)NCCC(=O)NN2CCCCC2)cc1. The van der Waals surface area contributed by atoms with E-state index in [-0.39, 0.29) is 23.8 Å². The Kier molecular flexibility index (Phi) is 5.93. The third kappa shape index (κ3) is 5.08. The molecule has 1 aromatic carbocycles.